The number of pyridine rings is 1. The third-order valence-corrected chi connectivity index (χ3v) is 8.67. The number of hydrogen-bond donors (Lipinski definition) is 0. The molecule has 3 heteroatoms. The second-order valence-electron chi connectivity index (χ2n) is 11.2. The highest BCUT2D eigenvalue weighted by Gasteiger charge is 2.35. The van der Waals surface area contributed by atoms with E-state index in [9.17, 15) is 0 Å². The molecule has 1 aliphatic carbocycles. The van der Waals surface area contributed by atoms with Crippen molar-refractivity contribution in [3.8, 4) is 45.2 Å². The monoisotopic (exact) mass is 543 g/mol. The lowest BCUT2D eigenvalue weighted by molar-refractivity contribution is 0.346. The average Bonchev–Trinajstić information content (AvgIpc) is 3.10. The Balaban J connectivity index is 1.26. The van der Waals surface area contributed by atoms with Crippen molar-refractivity contribution < 1.29 is 0 Å². The van der Waals surface area contributed by atoms with Gasteiger partial charge in [-0.3, -0.25) is 4.98 Å². The molecule has 2 aromatic heterocycles. The van der Waals surface area contributed by atoms with Gasteiger partial charge in [-0.25, -0.2) is 9.97 Å². The standard InChI is InChI=1S/C39H33N3/c1-4-12-29(13-5-1)36-28-37(42-38(41-36)32-14-6-2-7-15-32)31-19-23-34(24-20-31)39(25-9-3-10-26-39)33-21-17-30(18-22-33)35-16-8-11-27-40-35/h1-2,4-8,11-24,27-28H,3,9-10,25-26H2. The molecule has 4 aromatic carbocycles. The van der Waals surface area contributed by atoms with Gasteiger partial charge in [0.05, 0.1) is 17.1 Å². The van der Waals surface area contributed by atoms with Gasteiger partial charge in [-0.05, 0) is 42.2 Å². The molecule has 1 aliphatic rings. The van der Waals surface area contributed by atoms with E-state index in [2.05, 4.69) is 102 Å². The van der Waals surface area contributed by atoms with Gasteiger partial charge < -0.3 is 0 Å². The summed E-state index contributed by atoms with van der Waals surface area (Å²) in [6.45, 7) is 0. The van der Waals surface area contributed by atoms with Gasteiger partial charge in [0, 0.05) is 33.9 Å². The normalized spacial score (nSPS) is 14.4. The molecule has 2 heterocycles. The van der Waals surface area contributed by atoms with E-state index >= 15 is 0 Å². The Bertz CT molecular complexity index is 1700. The Morgan fingerprint density at radius 2 is 0.929 bits per heavy atom. The summed E-state index contributed by atoms with van der Waals surface area (Å²) in [5.74, 6) is 0.743. The van der Waals surface area contributed by atoms with E-state index in [1.807, 2.05) is 42.6 Å². The summed E-state index contributed by atoms with van der Waals surface area (Å²) in [6, 6.07) is 47.1. The van der Waals surface area contributed by atoms with Crippen LogP contribution in [0.4, 0.5) is 0 Å². The van der Waals surface area contributed by atoms with Gasteiger partial charge in [0.15, 0.2) is 5.82 Å². The van der Waals surface area contributed by atoms with Crippen LogP contribution in [0.5, 0.6) is 0 Å². The molecule has 0 amide bonds. The molecule has 0 bridgehead atoms. The van der Waals surface area contributed by atoms with E-state index in [0.717, 1.165) is 45.2 Å². The molecule has 0 spiro atoms. The lowest BCUT2D eigenvalue weighted by Crippen LogP contribution is -2.30. The second kappa shape index (κ2) is 11.5. The number of aromatic nitrogens is 3. The molecule has 6 aromatic rings. The number of hydrogen-bond acceptors (Lipinski definition) is 3. The van der Waals surface area contributed by atoms with Gasteiger partial charge in [-0.15, -0.1) is 0 Å². The quantitative estimate of drug-likeness (QED) is 0.210. The third-order valence-electron chi connectivity index (χ3n) is 8.67. The zero-order valence-electron chi connectivity index (χ0n) is 23.7. The van der Waals surface area contributed by atoms with Crippen molar-refractivity contribution in [3.05, 3.63) is 151 Å². The van der Waals surface area contributed by atoms with Gasteiger partial charge in [0.25, 0.3) is 0 Å². The lowest BCUT2D eigenvalue weighted by Gasteiger charge is -2.39. The van der Waals surface area contributed by atoms with Gasteiger partial charge >= 0.3 is 0 Å². The maximum Gasteiger partial charge on any atom is 0.160 e. The molecule has 1 saturated carbocycles. The van der Waals surface area contributed by atoms with E-state index in [-0.39, 0.29) is 5.41 Å². The van der Waals surface area contributed by atoms with Crippen LogP contribution in [0.3, 0.4) is 0 Å². The van der Waals surface area contributed by atoms with Crippen LogP contribution in [0.15, 0.2) is 140 Å². The van der Waals surface area contributed by atoms with E-state index in [1.54, 1.807) is 0 Å². The van der Waals surface area contributed by atoms with E-state index in [1.165, 1.54) is 43.2 Å². The van der Waals surface area contributed by atoms with E-state index in [4.69, 9.17) is 9.97 Å². The fraction of sp³-hybridized carbons (Fsp3) is 0.154. The first-order valence-corrected chi connectivity index (χ1v) is 14.9. The van der Waals surface area contributed by atoms with Gasteiger partial charge in [0.2, 0.25) is 0 Å². The van der Waals surface area contributed by atoms with Crippen LogP contribution >= 0.6 is 0 Å². The van der Waals surface area contributed by atoms with Crippen LogP contribution in [-0.2, 0) is 5.41 Å². The second-order valence-corrected chi connectivity index (χ2v) is 11.2. The molecule has 3 nitrogen and oxygen atoms in total. The van der Waals surface area contributed by atoms with Crippen LogP contribution in [0.2, 0.25) is 0 Å². The topological polar surface area (TPSA) is 38.7 Å². The number of rotatable bonds is 6. The first kappa shape index (κ1) is 26.0. The Morgan fingerprint density at radius 3 is 1.48 bits per heavy atom. The summed E-state index contributed by atoms with van der Waals surface area (Å²) in [5, 5.41) is 0. The fourth-order valence-corrected chi connectivity index (χ4v) is 6.42. The van der Waals surface area contributed by atoms with Crippen molar-refractivity contribution in [2.45, 2.75) is 37.5 Å². The minimum atomic E-state index is 0.0233. The Hall–Kier alpha value is -4.89. The van der Waals surface area contributed by atoms with Crippen molar-refractivity contribution in [2.24, 2.45) is 0 Å². The van der Waals surface area contributed by atoms with Gasteiger partial charge in [-0.1, -0.05) is 135 Å². The molecular weight excluding hydrogens is 510 g/mol. The number of benzene rings is 4. The maximum absolute atomic E-state index is 5.04. The third kappa shape index (κ3) is 5.14. The van der Waals surface area contributed by atoms with E-state index < -0.39 is 0 Å². The first-order chi connectivity index (χ1) is 20.8. The summed E-state index contributed by atoms with van der Waals surface area (Å²) in [5.41, 5.74) is 10.1. The minimum absolute atomic E-state index is 0.0233. The summed E-state index contributed by atoms with van der Waals surface area (Å²) >= 11 is 0. The lowest BCUT2D eigenvalue weighted by atomic mass is 9.65. The molecule has 42 heavy (non-hydrogen) atoms. The molecule has 0 N–H and O–H groups in total. The molecule has 0 radical (unpaired) electrons. The van der Waals surface area contributed by atoms with Crippen LogP contribution < -0.4 is 0 Å². The molecule has 0 saturated heterocycles. The molecule has 204 valence electrons. The molecule has 0 unspecified atom stereocenters. The van der Waals surface area contributed by atoms with Crippen molar-refractivity contribution in [1.82, 2.24) is 15.0 Å². The Morgan fingerprint density at radius 1 is 0.429 bits per heavy atom. The van der Waals surface area contributed by atoms with Crippen LogP contribution in [0, 0.1) is 0 Å². The predicted molar refractivity (Wildman–Crippen MR) is 172 cm³/mol. The SMILES string of the molecule is c1ccc(-c2cc(-c3ccc(C4(c5ccc(-c6ccccn6)cc5)CCCCC4)cc3)nc(-c3ccccc3)n2)cc1. The highest BCUT2D eigenvalue weighted by atomic mass is 14.9. The van der Waals surface area contributed by atoms with E-state index in [0.29, 0.717) is 0 Å². The summed E-state index contributed by atoms with van der Waals surface area (Å²) in [6.07, 6.45) is 7.99. The van der Waals surface area contributed by atoms with Gasteiger partial charge in [0.1, 0.15) is 0 Å². The molecular formula is C39H33N3. The smallest absolute Gasteiger partial charge is 0.160 e. The average molecular weight is 544 g/mol. The molecule has 1 fully saturated rings. The Kier molecular flexibility index (Phi) is 7.15. The summed E-state index contributed by atoms with van der Waals surface area (Å²) in [4.78, 5) is 14.5. The number of nitrogens with zero attached hydrogens (tertiary/aromatic N) is 3. The predicted octanol–water partition coefficient (Wildman–Crippen LogP) is 9.79. The molecule has 0 atom stereocenters. The van der Waals surface area contributed by atoms with Gasteiger partial charge in [-0.2, -0.15) is 0 Å². The highest BCUT2D eigenvalue weighted by molar-refractivity contribution is 5.72. The zero-order valence-corrected chi connectivity index (χ0v) is 23.7. The maximum atomic E-state index is 5.04. The minimum Gasteiger partial charge on any atom is -0.256 e. The van der Waals surface area contributed by atoms with Crippen molar-refractivity contribution in [2.75, 3.05) is 0 Å². The van der Waals surface area contributed by atoms with Crippen LogP contribution in [0.25, 0.3) is 45.2 Å². The molecule has 0 aliphatic heterocycles. The fourth-order valence-electron chi connectivity index (χ4n) is 6.42. The Labute approximate surface area is 248 Å². The summed E-state index contributed by atoms with van der Waals surface area (Å²) in [7, 11) is 0. The first-order valence-electron chi connectivity index (χ1n) is 14.9. The van der Waals surface area contributed by atoms with Crippen LogP contribution in [0.1, 0.15) is 43.2 Å². The highest BCUT2D eigenvalue weighted by Crippen LogP contribution is 2.45. The van der Waals surface area contributed by atoms with Crippen molar-refractivity contribution >= 4 is 0 Å². The largest absolute Gasteiger partial charge is 0.256 e. The van der Waals surface area contributed by atoms with Crippen molar-refractivity contribution in [1.29, 1.82) is 0 Å². The zero-order chi connectivity index (χ0) is 28.2. The summed E-state index contributed by atoms with van der Waals surface area (Å²) < 4.78 is 0. The van der Waals surface area contributed by atoms with Crippen LogP contribution in [-0.4, -0.2) is 15.0 Å². The molecule has 7 rings (SSSR count). The van der Waals surface area contributed by atoms with Crippen molar-refractivity contribution in [3.63, 3.8) is 0 Å².